The van der Waals surface area contributed by atoms with Crippen molar-refractivity contribution in [2.75, 3.05) is 20.3 Å². The predicted molar refractivity (Wildman–Crippen MR) is 110 cm³/mol. The van der Waals surface area contributed by atoms with Gasteiger partial charge in [-0.3, -0.25) is 4.79 Å². The quantitative estimate of drug-likeness (QED) is 0.697. The van der Waals surface area contributed by atoms with Gasteiger partial charge in [0, 0.05) is 24.1 Å². The number of carbonyl (C=O) groups excluding carboxylic acids is 1. The average molecular weight is 399 g/mol. The van der Waals surface area contributed by atoms with Gasteiger partial charge in [-0.25, -0.2) is 9.97 Å². The molecule has 2 aromatic rings. The number of amides is 1. The Morgan fingerprint density at radius 1 is 1.24 bits per heavy atom. The number of ether oxygens (including phenoxy) is 3. The van der Waals surface area contributed by atoms with Crippen molar-refractivity contribution in [2.45, 2.75) is 45.8 Å². The van der Waals surface area contributed by atoms with Gasteiger partial charge in [-0.1, -0.05) is 0 Å². The summed E-state index contributed by atoms with van der Waals surface area (Å²) in [6, 6.07) is 7.82. The minimum atomic E-state index is -0.0322. The predicted octanol–water partition coefficient (Wildman–Crippen LogP) is 3.16. The van der Waals surface area contributed by atoms with Gasteiger partial charge in [0.15, 0.2) is 0 Å². The maximum absolute atomic E-state index is 11.0. The molecule has 1 aliphatic rings. The molecular weight excluding hydrogens is 370 g/mol. The van der Waals surface area contributed by atoms with E-state index in [1.807, 2.05) is 38.1 Å². The van der Waals surface area contributed by atoms with Crippen LogP contribution in [0.25, 0.3) is 11.3 Å². The molecule has 1 heterocycles. The minimum absolute atomic E-state index is 0.0304. The van der Waals surface area contributed by atoms with Crippen LogP contribution >= 0.6 is 0 Å². The SMILES string of the molecule is COc1ccc(-c2ncnc(OC[C@H]3C[C@H](OC[C@H](C)NC(C)=O)C3)c2C)cc1. The molecule has 1 fully saturated rings. The molecular formula is C22H29N3O4. The highest BCUT2D eigenvalue weighted by Gasteiger charge is 2.31. The first-order chi connectivity index (χ1) is 14.0. The maximum atomic E-state index is 11.0. The second kappa shape index (κ2) is 9.69. The Hall–Kier alpha value is -2.67. The molecule has 0 bridgehead atoms. The summed E-state index contributed by atoms with van der Waals surface area (Å²) in [6.07, 6.45) is 3.70. The Kier molecular flexibility index (Phi) is 7.04. The van der Waals surface area contributed by atoms with E-state index in [1.54, 1.807) is 7.11 Å². The van der Waals surface area contributed by atoms with Crippen LogP contribution in [0.15, 0.2) is 30.6 Å². The Balaban J connectivity index is 1.48. The van der Waals surface area contributed by atoms with Gasteiger partial charge in [0.1, 0.15) is 12.1 Å². The molecule has 0 aliphatic heterocycles. The number of aromatic nitrogens is 2. The largest absolute Gasteiger partial charge is 0.497 e. The molecule has 3 rings (SSSR count). The van der Waals surface area contributed by atoms with Crippen molar-refractivity contribution in [3.05, 3.63) is 36.2 Å². The van der Waals surface area contributed by atoms with Crippen molar-refractivity contribution < 1.29 is 19.0 Å². The zero-order valence-electron chi connectivity index (χ0n) is 17.5. The van der Waals surface area contributed by atoms with E-state index in [0.29, 0.717) is 25.0 Å². The first-order valence-electron chi connectivity index (χ1n) is 9.93. The lowest BCUT2D eigenvalue weighted by Crippen LogP contribution is -2.40. The van der Waals surface area contributed by atoms with Crippen LogP contribution in [0.2, 0.25) is 0 Å². The molecule has 1 amide bonds. The maximum Gasteiger partial charge on any atom is 0.219 e. The molecule has 1 saturated carbocycles. The van der Waals surface area contributed by atoms with Gasteiger partial charge in [0.2, 0.25) is 11.8 Å². The van der Waals surface area contributed by atoms with Gasteiger partial charge in [0.25, 0.3) is 0 Å². The lowest BCUT2D eigenvalue weighted by atomic mass is 9.83. The molecule has 1 aliphatic carbocycles. The van der Waals surface area contributed by atoms with Gasteiger partial charge in [0.05, 0.1) is 32.1 Å². The average Bonchev–Trinajstić information content (AvgIpc) is 2.67. The highest BCUT2D eigenvalue weighted by molar-refractivity contribution is 5.73. The van der Waals surface area contributed by atoms with Gasteiger partial charge < -0.3 is 19.5 Å². The number of rotatable bonds is 9. The van der Waals surface area contributed by atoms with Crippen molar-refractivity contribution in [3.63, 3.8) is 0 Å². The summed E-state index contributed by atoms with van der Waals surface area (Å²) in [5.74, 6) is 1.85. The first kappa shape index (κ1) is 21.0. The van der Waals surface area contributed by atoms with Gasteiger partial charge in [-0.2, -0.15) is 0 Å². The van der Waals surface area contributed by atoms with Crippen molar-refractivity contribution in [2.24, 2.45) is 5.92 Å². The Labute approximate surface area is 171 Å². The molecule has 0 spiro atoms. The Morgan fingerprint density at radius 3 is 2.62 bits per heavy atom. The molecule has 1 aromatic carbocycles. The van der Waals surface area contributed by atoms with E-state index in [-0.39, 0.29) is 18.1 Å². The third-order valence-corrected chi connectivity index (χ3v) is 5.08. The van der Waals surface area contributed by atoms with E-state index in [4.69, 9.17) is 14.2 Å². The van der Waals surface area contributed by atoms with E-state index < -0.39 is 0 Å². The fourth-order valence-corrected chi connectivity index (χ4v) is 3.43. The fraction of sp³-hybridized carbons (Fsp3) is 0.500. The van der Waals surface area contributed by atoms with Crippen molar-refractivity contribution >= 4 is 5.91 Å². The fourth-order valence-electron chi connectivity index (χ4n) is 3.43. The summed E-state index contributed by atoms with van der Waals surface area (Å²) in [6.45, 7) is 6.58. The van der Waals surface area contributed by atoms with Gasteiger partial charge in [-0.15, -0.1) is 0 Å². The van der Waals surface area contributed by atoms with Crippen LogP contribution in [0.3, 0.4) is 0 Å². The van der Waals surface area contributed by atoms with Crippen LogP contribution in [0.5, 0.6) is 11.6 Å². The number of nitrogens with zero attached hydrogens (tertiary/aromatic N) is 2. The number of methoxy groups -OCH3 is 1. The lowest BCUT2D eigenvalue weighted by Gasteiger charge is -2.35. The normalized spacial score (nSPS) is 19.2. The third-order valence-electron chi connectivity index (χ3n) is 5.08. The van der Waals surface area contributed by atoms with Crippen molar-refractivity contribution in [1.82, 2.24) is 15.3 Å². The smallest absolute Gasteiger partial charge is 0.219 e. The van der Waals surface area contributed by atoms with Crippen LogP contribution in [-0.2, 0) is 9.53 Å². The monoisotopic (exact) mass is 399 g/mol. The lowest BCUT2D eigenvalue weighted by molar-refractivity contribution is -0.120. The molecule has 0 radical (unpaired) electrons. The third kappa shape index (κ3) is 5.67. The summed E-state index contributed by atoms with van der Waals surface area (Å²) in [5.41, 5.74) is 2.79. The number of hydrogen-bond acceptors (Lipinski definition) is 6. The van der Waals surface area contributed by atoms with Crippen LogP contribution in [0, 0.1) is 12.8 Å². The summed E-state index contributed by atoms with van der Waals surface area (Å²) in [7, 11) is 1.65. The summed E-state index contributed by atoms with van der Waals surface area (Å²) in [5, 5.41) is 2.83. The summed E-state index contributed by atoms with van der Waals surface area (Å²) in [4.78, 5) is 19.7. The van der Waals surface area contributed by atoms with Gasteiger partial charge >= 0.3 is 0 Å². The molecule has 0 saturated heterocycles. The minimum Gasteiger partial charge on any atom is -0.497 e. The van der Waals surface area contributed by atoms with Crippen molar-refractivity contribution in [3.8, 4) is 22.9 Å². The van der Waals surface area contributed by atoms with Crippen LogP contribution in [0.1, 0.15) is 32.3 Å². The highest BCUT2D eigenvalue weighted by atomic mass is 16.5. The van der Waals surface area contributed by atoms with Gasteiger partial charge in [-0.05, 0) is 56.9 Å². The Morgan fingerprint density at radius 2 is 1.97 bits per heavy atom. The van der Waals surface area contributed by atoms with E-state index in [2.05, 4.69) is 15.3 Å². The zero-order chi connectivity index (χ0) is 20.8. The van der Waals surface area contributed by atoms with E-state index in [0.717, 1.165) is 35.4 Å². The molecule has 1 N–H and O–H groups in total. The second-order valence-corrected chi connectivity index (χ2v) is 7.59. The molecule has 1 atom stereocenters. The Bertz CT molecular complexity index is 819. The number of benzene rings is 1. The summed E-state index contributed by atoms with van der Waals surface area (Å²) >= 11 is 0. The van der Waals surface area contributed by atoms with Crippen molar-refractivity contribution in [1.29, 1.82) is 0 Å². The number of nitrogens with one attached hydrogen (secondary N) is 1. The molecule has 156 valence electrons. The van der Waals surface area contributed by atoms with Crippen LogP contribution < -0.4 is 14.8 Å². The van der Waals surface area contributed by atoms with E-state index >= 15 is 0 Å². The van der Waals surface area contributed by atoms with E-state index in [9.17, 15) is 4.79 Å². The van der Waals surface area contributed by atoms with E-state index in [1.165, 1.54) is 13.3 Å². The molecule has 7 heteroatoms. The second-order valence-electron chi connectivity index (χ2n) is 7.59. The molecule has 0 unspecified atom stereocenters. The first-order valence-corrected chi connectivity index (χ1v) is 9.93. The summed E-state index contributed by atoms with van der Waals surface area (Å²) < 4.78 is 17.0. The highest BCUT2D eigenvalue weighted by Crippen LogP contribution is 2.32. The van der Waals surface area contributed by atoms with Crippen LogP contribution in [0.4, 0.5) is 0 Å². The molecule has 1 aromatic heterocycles. The molecule has 29 heavy (non-hydrogen) atoms. The zero-order valence-corrected chi connectivity index (χ0v) is 17.5. The van der Waals surface area contributed by atoms with Crippen LogP contribution in [-0.4, -0.2) is 48.3 Å². The standard InChI is InChI=1S/C22H29N3O4/c1-14(25-16(3)26)11-28-20-9-17(10-20)12-29-22-15(2)21(23-13-24-22)18-5-7-19(27-4)8-6-18/h5-8,13-14,17,20H,9-12H2,1-4H3,(H,25,26)/t14-,17-,20-/m0/s1. The molecule has 7 nitrogen and oxygen atoms in total. The number of hydrogen-bond donors (Lipinski definition) is 1. The number of carbonyl (C=O) groups is 1. The topological polar surface area (TPSA) is 82.6 Å².